The Morgan fingerprint density at radius 2 is 1.79 bits per heavy atom. The summed E-state index contributed by atoms with van der Waals surface area (Å²) in [5.74, 6) is -0.361. The van der Waals surface area contributed by atoms with Gasteiger partial charge in [-0.15, -0.1) is 0 Å². The zero-order chi connectivity index (χ0) is 17.4. The van der Waals surface area contributed by atoms with E-state index in [4.69, 9.17) is 0 Å². The number of piperidine rings is 1. The van der Waals surface area contributed by atoms with Crippen LogP contribution in [0.2, 0.25) is 0 Å². The molecule has 3 rings (SSSR count). The van der Waals surface area contributed by atoms with Crippen LogP contribution in [0.5, 0.6) is 0 Å². The second-order valence-electron chi connectivity index (χ2n) is 6.63. The largest absolute Gasteiger partial charge is 0.323 e. The van der Waals surface area contributed by atoms with Crippen LogP contribution in [-0.2, 0) is 10.0 Å². The lowest BCUT2D eigenvalue weighted by atomic mass is 9.88. The number of hydrogen-bond donors (Lipinski definition) is 1. The van der Waals surface area contributed by atoms with Gasteiger partial charge in [0.1, 0.15) is 5.82 Å². The molecule has 2 fully saturated rings. The number of benzene rings is 1. The Kier molecular flexibility index (Phi) is 4.52. The van der Waals surface area contributed by atoms with E-state index in [1.165, 1.54) is 30.5 Å². The van der Waals surface area contributed by atoms with Crippen molar-refractivity contribution in [2.24, 2.45) is 0 Å². The Balaban J connectivity index is 1.73. The lowest BCUT2D eigenvalue weighted by Crippen LogP contribution is -2.58. The van der Waals surface area contributed by atoms with E-state index >= 15 is 0 Å². The van der Waals surface area contributed by atoms with Gasteiger partial charge < -0.3 is 10.2 Å². The number of nitrogens with zero attached hydrogens (tertiary/aromatic N) is 2. The predicted molar refractivity (Wildman–Crippen MR) is 89.7 cm³/mol. The highest BCUT2D eigenvalue weighted by molar-refractivity contribution is 7.88. The average Bonchev–Trinajstić information content (AvgIpc) is 2.92. The normalized spacial score (nSPS) is 25.2. The van der Waals surface area contributed by atoms with E-state index in [2.05, 4.69) is 5.32 Å². The molecule has 0 bridgehead atoms. The molecule has 2 aliphatic heterocycles. The summed E-state index contributed by atoms with van der Waals surface area (Å²) in [6.45, 7) is 1.51. The molecule has 2 saturated heterocycles. The summed E-state index contributed by atoms with van der Waals surface area (Å²) in [6, 6.07) is 5.31. The number of likely N-dealkylation sites (tertiary alicyclic amines) is 1. The Morgan fingerprint density at radius 1 is 1.17 bits per heavy atom. The molecule has 0 radical (unpaired) electrons. The van der Waals surface area contributed by atoms with Gasteiger partial charge in [-0.05, 0) is 49.9 Å². The van der Waals surface area contributed by atoms with Gasteiger partial charge in [0.05, 0.1) is 11.8 Å². The number of sulfonamides is 1. The molecule has 1 N–H and O–H groups in total. The van der Waals surface area contributed by atoms with Crippen molar-refractivity contribution in [3.05, 3.63) is 30.1 Å². The number of carbonyl (C=O) groups excluding carboxylic acids is 1. The number of carbonyl (C=O) groups is 1. The molecular weight excluding hydrogens is 333 g/mol. The quantitative estimate of drug-likeness (QED) is 0.885. The van der Waals surface area contributed by atoms with Gasteiger partial charge >= 0.3 is 6.03 Å². The molecule has 0 aliphatic carbocycles. The number of nitrogens with one attached hydrogen (secondary N) is 1. The minimum Gasteiger partial charge on any atom is -0.323 e. The molecule has 132 valence electrons. The molecular formula is C16H22FN3O3S. The summed E-state index contributed by atoms with van der Waals surface area (Å²) in [6.07, 6.45) is 4.38. The first-order valence-electron chi connectivity index (χ1n) is 8.10. The van der Waals surface area contributed by atoms with Crippen LogP contribution in [0.15, 0.2) is 24.3 Å². The number of hydrogen-bond acceptors (Lipinski definition) is 3. The molecule has 1 spiro atoms. The van der Waals surface area contributed by atoms with Crippen LogP contribution in [0.3, 0.4) is 0 Å². The van der Waals surface area contributed by atoms with Crippen molar-refractivity contribution >= 4 is 21.7 Å². The molecule has 1 aromatic rings. The molecule has 0 saturated carbocycles. The molecule has 0 unspecified atom stereocenters. The van der Waals surface area contributed by atoms with E-state index in [0.717, 1.165) is 25.7 Å². The summed E-state index contributed by atoms with van der Waals surface area (Å²) in [5, 5.41) is 2.75. The third-order valence-corrected chi connectivity index (χ3v) is 6.24. The smallest absolute Gasteiger partial charge is 0.321 e. The van der Waals surface area contributed by atoms with Gasteiger partial charge in [0.2, 0.25) is 10.0 Å². The van der Waals surface area contributed by atoms with Gasteiger partial charge in [0, 0.05) is 25.3 Å². The fourth-order valence-electron chi connectivity index (χ4n) is 3.86. The number of anilines is 1. The Labute approximate surface area is 141 Å². The summed E-state index contributed by atoms with van der Waals surface area (Å²) < 4.78 is 38.7. The highest BCUT2D eigenvalue weighted by Gasteiger charge is 2.48. The number of amides is 2. The van der Waals surface area contributed by atoms with Crippen LogP contribution in [0.4, 0.5) is 14.9 Å². The zero-order valence-electron chi connectivity index (χ0n) is 13.7. The highest BCUT2D eigenvalue weighted by Crippen LogP contribution is 2.38. The van der Waals surface area contributed by atoms with Crippen LogP contribution >= 0.6 is 0 Å². The maximum absolute atomic E-state index is 12.9. The van der Waals surface area contributed by atoms with E-state index in [-0.39, 0.29) is 11.8 Å². The maximum Gasteiger partial charge on any atom is 0.321 e. The molecule has 8 heteroatoms. The predicted octanol–water partition coefficient (Wildman–Crippen LogP) is 2.25. The molecule has 24 heavy (non-hydrogen) atoms. The van der Waals surface area contributed by atoms with E-state index < -0.39 is 15.6 Å². The fraction of sp³-hybridized carbons (Fsp3) is 0.562. The van der Waals surface area contributed by atoms with Gasteiger partial charge in [0.15, 0.2) is 0 Å². The van der Waals surface area contributed by atoms with Crippen LogP contribution in [-0.4, -0.2) is 55.1 Å². The first-order chi connectivity index (χ1) is 11.3. The number of halogens is 1. The summed E-state index contributed by atoms with van der Waals surface area (Å²) in [5.41, 5.74) is 0.0406. The Bertz CT molecular complexity index is 723. The van der Waals surface area contributed by atoms with Crippen LogP contribution in [0.25, 0.3) is 0 Å². The minimum absolute atomic E-state index is 0.277. The monoisotopic (exact) mass is 355 g/mol. The zero-order valence-corrected chi connectivity index (χ0v) is 14.5. The van der Waals surface area contributed by atoms with E-state index in [9.17, 15) is 17.6 Å². The molecule has 1 atom stereocenters. The van der Waals surface area contributed by atoms with Crippen LogP contribution in [0, 0.1) is 5.82 Å². The van der Waals surface area contributed by atoms with Crippen LogP contribution in [0.1, 0.15) is 25.7 Å². The second kappa shape index (κ2) is 6.33. The van der Waals surface area contributed by atoms with E-state index in [1.807, 2.05) is 0 Å². The highest BCUT2D eigenvalue weighted by atomic mass is 32.2. The minimum atomic E-state index is -3.29. The molecule has 2 heterocycles. The van der Waals surface area contributed by atoms with Crippen molar-refractivity contribution in [3.8, 4) is 0 Å². The van der Waals surface area contributed by atoms with Crippen molar-refractivity contribution in [1.29, 1.82) is 0 Å². The third-order valence-electron chi connectivity index (χ3n) is 4.87. The fourth-order valence-corrected chi connectivity index (χ4v) is 5.26. The molecule has 2 aliphatic rings. The molecule has 6 nitrogen and oxygen atoms in total. The van der Waals surface area contributed by atoms with Crippen molar-refractivity contribution < 1.29 is 17.6 Å². The second-order valence-corrected chi connectivity index (χ2v) is 8.53. The first-order valence-corrected chi connectivity index (χ1v) is 9.94. The molecule has 1 aromatic carbocycles. The van der Waals surface area contributed by atoms with Crippen molar-refractivity contribution in [3.63, 3.8) is 0 Å². The van der Waals surface area contributed by atoms with Gasteiger partial charge in [-0.3, -0.25) is 0 Å². The summed E-state index contributed by atoms with van der Waals surface area (Å²) in [4.78, 5) is 14.2. The van der Waals surface area contributed by atoms with E-state index in [0.29, 0.717) is 25.3 Å². The van der Waals surface area contributed by atoms with Gasteiger partial charge in [-0.2, -0.15) is 4.31 Å². The van der Waals surface area contributed by atoms with Crippen molar-refractivity contribution in [2.75, 3.05) is 31.2 Å². The van der Waals surface area contributed by atoms with Gasteiger partial charge in [0.25, 0.3) is 0 Å². The Hall–Kier alpha value is -1.67. The van der Waals surface area contributed by atoms with Gasteiger partial charge in [-0.1, -0.05) is 0 Å². The van der Waals surface area contributed by atoms with Crippen molar-refractivity contribution in [2.45, 2.75) is 31.2 Å². The lowest BCUT2D eigenvalue weighted by molar-refractivity contribution is 0.109. The summed E-state index contributed by atoms with van der Waals surface area (Å²) >= 11 is 0. The summed E-state index contributed by atoms with van der Waals surface area (Å²) in [7, 11) is -3.29. The van der Waals surface area contributed by atoms with Crippen LogP contribution < -0.4 is 5.32 Å². The topological polar surface area (TPSA) is 69.7 Å². The Morgan fingerprint density at radius 3 is 2.42 bits per heavy atom. The van der Waals surface area contributed by atoms with Crippen molar-refractivity contribution in [1.82, 2.24) is 9.21 Å². The number of rotatable bonds is 2. The van der Waals surface area contributed by atoms with E-state index in [1.54, 1.807) is 9.21 Å². The molecule has 2 amide bonds. The SMILES string of the molecule is CS(=O)(=O)N1CCC[C@]12CCCN(C(=O)Nc1ccc(F)cc1)C2. The molecule has 0 aromatic heterocycles. The maximum atomic E-state index is 12.9. The average molecular weight is 355 g/mol. The number of urea groups is 1. The first kappa shape index (κ1) is 17.2. The standard InChI is InChI=1S/C16H22FN3O3S/c1-24(22,23)20-11-3-9-16(20)8-2-10-19(12-16)15(21)18-14-6-4-13(17)5-7-14/h4-7H,2-3,8-12H2,1H3,(H,18,21)/t16-/m0/s1. The lowest BCUT2D eigenvalue weighted by Gasteiger charge is -2.44. The third kappa shape index (κ3) is 3.39. The van der Waals surface area contributed by atoms with Gasteiger partial charge in [-0.25, -0.2) is 17.6 Å².